The predicted molar refractivity (Wildman–Crippen MR) is 108 cm³/mol. The SMILES string of the molecule is Cc1cc(-c2nnc(CCC(=O)N(C)C(C)c3ccc4c(c3)OCCO4)o2)c(C)o1. The molecule has 0 saturated heterocycles. The van der Waals surface area contributed by atoms with Crippen LogP contribution in [0.1, 0.15) is 42.4 Å². The van der Waals surface area contributed by atoms with Gasteiger partial charge in [0.05, 0.1) is 11.6 Å². The Balaban J connectivity index is 1.37. The highest BCUT2D eigenvalue weighted by molar-refractivity contribution is 5.76. The first-order valence-electron chi connectivity index (χ1n) is 9.97. The van der Waals surface area contributed by atoms with Gasteiger partial charge in [0.25, 0.3) is 5.89 Å². The van der Waals surface area contributed by atoms with Crippen molar-refractivity contribution < 1.29 is 23.1 Å². The van der Waals surface area contributed by atoms with Crippen molar-refractivity contribution >= 4 is 5.91 Å². The van der Waals surface area contributed by atoms with E-state index in [4.69, 9.17) is 18.3 Å². The molecule has 1 unspecified atom stereocenters. The van der Waals surface area contributed by atoms with E-state index in [0.29, 0.717) is 31.4 Å². The highest BCUT2D eigenvalue weighted by Crippen LogP contribution is 2.34. The minimum atomic E-state index is -0.108. The van der Waals surface area contributed by atoms with Crippen molar-refractivity contribution in [1.29, 1.82) is 0 Å². The molecule has 158 valence electrons. The van der Waals surface area contributed by atoms with Crippen LogP contribution in [0.3, 0.4) is 0 Å². The minimum Gasteiger partial charge on any atom is -0.486 e. The molecule has 3 heterocycles. The Kier molecular flexibility index (Phi) is 5.48. The highest BCUT2D eigenvalue weighted by Gasteiger charge is 2.21. The normalized spacial score (nSPS) is 13.9. The van der Waals surface area contributed by atoms with Gasteiger partial charge in [-0.2, -0.15) is 0 Å². The molecule has 0 radical (unpaired) electrons. The van der Waals surface area contributed by atoms with Crippen molar-refractivity contribution in [2.24, 2.45) is 0 Å². The van der Waals surface area contributed by atoms with Crippen molar-refractivity contribution in [2.75, 3.05) is 20.3 Å². The Morgan fingerprint density at radius 1 is 1.10 bits per heavy atom. The summed E-state index contributed by atoms with van der Waals surface area (Å²) in [5, 5.41) is 8.15. The fourth-order valence-electron chi connectivity index (χ4n) is 3.46. The van der Waals surface area contributed by atoms with Gasteiger partial charge in [0, 0.05) is 19.9 Å². The second-order valence-electron chi connectivity index (χ2n) is 7.41. The first-order chi connectivity index (χ1) is 14.4. The molecule has 1 aliphatic rings. The summed E-state index contributed by atoms with van der Waals surface area (Å²) in [6, 6.07) is 7.53. The van der Waals surface area contributed by atoms with Crippen LogP contribution in [0.2, 0.25) is 0 Å². The zero-order valence-electron chi connectivity index (χ0n) is 17.6. The Morgan fingerprint density at radius 2 is 1.87 bits per heavy atom. The first-order valence-corrected chi connectivity index (χ1v) is 9.97. The van der Waals surface area contributed by atoms with E-state index in [1.54, 1.807) is 11.9 Å². The lowest BCUT2D eigenvalue weighted by Crippen LogP contribution is -2.30. The summed E-state index contributed by atoms with van der Waals surface area (Å²) in [7, 11) is 1.79. The number of rotatable bonds is 6. The molecule has 0 spiro atoms. The monoisotopic (exact) mass is 411 g/mol. The minimum absolute atomic E-state index is 0.00697. The number of hydrogen-bond donors (Lipinski definition) is 0. The van der Waals surface area contributed by atoms with Gasteiger partial charge in [0.1, 0.15) is 24.7 Å². The van der Waals surface area contributed by atoms with E-state index in [-0.39, 0.29) is 18.4 Å². The molecule has 0 saturated carbocycles. The van der Waals surface area contributed by atoms with Crippen LogP contribution in [-0.2, 0) is 11.2 Å². The molecule has 30 heavy (non-hydrogen) atoms. The first kappa shape index (κ1) is 20.0. The lowest BCUT2D eigenvalue weighted by atomic mass is 10.1. The third kappa shape index (κ3) is 4.03. The van der Waals surface area contributed by atoms with Crippen molar-refractivity contribution in [3.63, 3.8) is 0 Å². The standard InChI is InChI=1S/C22H25N3O5/c1-13-11-17(15(3)29-13)22-24-23-20(30-22)7-8-21(26)25(4)14(2)16-5-6-18-19(12-16)28-10-9-27-18/h5-6,11-12,14H,7-10H2,1-4H3. The third-order valence-corrected chi connectivity index (χ3v) is 5.31. The molecule has 0 N–H and O–H groups in total. The Morgan fingerprint density at radius 3 is 2.60 bits per heavy atom. The highest BCUT2D eigenvalue weighted by atomic mass is 16.6. The average Bonchev–Trinajstić information content (AvgIpc) is 3.36. The zero-order valence-corrected chi connectivity index (χ0v) is 17.6. The van der Waals surface area contributed by atoms with Gasteiger partial charge >= 0.3 is 0 Å². The average molecular weight is 411 g/mol. The van der Waals surface area contributed by atoms with Crippen molar-refractivity contribution in [2.45, 2.75) is 39.7 Å². The smallest absolute Gasteiger partial charge is 0.251 e. The maximum Gasteiger partial charge on any atom is 0.251 e. The van der Waals surface area contributed by atoms with Crippen LogP contribution >= 0.6 is 0 Å². The molecule has 1 aliphatic heterocycles. The van der Waals surface area contributed by atoms with E-state index < -0.39 is 0 Å². The van der Waals surface area contributed by atoms with E-state index in [1.165, 1.54) is 0 Å². The van der Waals surface area contributed by atoms with Gasteiger partial charge in [-0.1, -0.05) is 6.07 Å². The van der Waals surface area contributed by atoms with Crippen molar-refractivity contribution in [1.82, 2.24) is 15.1 Å². The van der Waals surface area contributed by atoms with Gasteiger partial charge in [-0.3, -0.25) is 4.79 Å². The molecule has 8 heteroatoms. The number of carbonyl (C=O) groups excluding carboxylic acids is 1. The number of nitrogens with zero attached hydrogens (tertiary/aromatic N) is 3. The Hall–Kier alpha value is -3.29. The molecular formula is C22H25N3O5. The molecule has 1 amide bonds. The van der Waals surface area contributed by atoms with E-state index >= 15 is 0 Å². The summed E-state index contributed by atoms with van der Waals surface area (Å²) >= 11 is 0. The van der Waals surface area contributed by atoms with E-state index in [0.717, 1.165) is 34.1 Å². The lowest BCUT2D eigenvalue weighted by Gasteiger charge is -2.27. The summed E-state index contributed by atoms with van der Waals surface area (Å²) < 4.78 is 22.4. The molecule has 0 fully saturated rings. The number of aryl methyl sites for hydroxylation is 3. The molecule has 0 bridgehead atoms. The van der Waals surface area contributed by atoms with Gasteiger partial charge in [-0.15, -0.1) is 10.2 Å². The topological polar surface area (TPSA) is 90.8 Å². The molecule has 3 aromatic rings. The van der Waals surface area contributed by atoms with Gasteiger partial charge in [-0.25, -0.2) is 0 Å². The van der Waals surface area contributed by atoms with Crippen LogP contribution < -0.4 is 9.47 Å². The van der Waals surface area contributed by atoms with Crippen LogP contribution in [0.25, 0.3) is 11.5 Å². The van der Waals surface area contributed by atoms with Crippen LogP contribution in [0.15, 0.2) is 33.1 Å². The number of furan rings is 1. The maximum atomic E-state index is 12.7. The fourth-order valence-corrected chi connectivity index (χ4v) is 3.46. The molecule has 2 aromatic heterocycles. The van der Waals surface area contributed by atoms with Crippen molar-refractivity contribution in [3.05, 3.63) is 47.2 Å². The van der Waals surface area contributed by atoms with E-state index in [9.17, 15) is 4.79 Å². The summed E-state index contributed by atoms with van der Waals surface area (Å²) in [5.41, 5.74) is 1.77. The van der Waals surface area contributed by atoms with Crippen molar-refractivity contribution in [3.8, 4) is 23.0 Å². The van der Waals surface area contributed by atoms with Crippen LogP contribution in [0.5, 0.6) is 11.5 Å². The van der Waals surface area contributed by atoms with Gasteiger partial charge in [-0.05, 0) is 44.5 Å². The maximum absolute atomic E-state index is 12.7. The van der Waals surface area contributed by atoms with Crippen LogP contribution in [0.4, 0.5) is 0 Å². The molecule has 0 aliphatic carbocycles. The second kappa shape index (κ2) is 8.22. The number of fused-ring (bicyclic) bond motifs is 1. The zero-order chi connectivity index (χ0) is 21.3. The number of amides is 1. The predicted octanol–water partition coefficient (Wildman–Crippen LogP) is 3.87. The van der Waals surface area contributed by atoms with E-state index in [2.05, 4.69) is 10.2 Å². The van der Waals surface area contributed by atoms with Crippen LogP contribution in [0, 0.1) is 13.8 Å². The quantitative estimate of drug-likeness (QED) is 0.608. The molecule has 8 nitrogen and oxygen atoms in total. The summed E-state index contributed by atoms with van der Waals surface area (Å²) in [5.74, 6) is 3.80. The Bertz CT molecular complexity index is 1050. The van der Waals surface area contributed by atoms with Gasteiger partial charge in [0.2, 0.25) is 11.8 Å². The Labute approximate surface area is 174 Å². The number of hydrogen-bond acceptors (Lipinski definition) is 7. The van der Waals surface area contributed by atoms with Crippen LogP contribution in [-0.4, -0.2) is 41.3 Å². The number of carbonyl (C=O) groups is 1. The van der Waals surface area contributed by atoms with E-state index in [1.807, 2.05) is 45.0 Å². The summed E-state index contributed by atoms with van der Waals surface area (Å²) in [6.45, 7) is 6.79. The lowest BCUT2D eigenvalue weighted by molar-refractivity contribution is -0.131. The number of aromatic nitrogens is 2. The summed E-state index contributed by atoms with van der Waals surface area (Å²) in [6.07, 6.45) is 0.649. The fraction of sp³-hybridized carbons (Fsp3) is 0.409. The second-order valence-corrected chi connectivity index (χ2v) is 7.41. The third-order valence-electron chi connectivity index (χ3n) is 5.31. The summed E-state index contributed by atoms with van der Waals surface area (Å²) in [4.78, 5) is 14.4. The largest absolute Gasteiger partial charge is 0.486 e. The molecule has 1 aromatic carbocycles. The molecule has 1 atom stereocenters. The number of benzene rings is 1. The molecule has 4 rings (SSSR count). The van der Waals surface area contributed by atoms with Gasteiger partial charge in [0.15, 0.2) is 11.5 Å². The van der Waals surface area contributed by atoms with Gasteiger partial charge < -0.3 is 23.2 Å². The number of ether oxygens (including phenoxy) is 2. The molecular weight excluding hydrogens is 386 g/mol.